The molecule has 2 aromatic rings. The predicted octanol–water partition coefficient (Wildman–Crippen LogP) is 2.65. The van der Waals surface area contributed by atoms with Gasteiger partial charge in [-0.25, -0.2) is 18.2 Å². The van der Waals surface area contributed by atoms with Crippen LogP contribution >= 0.6 is 15.9 Å². The molecule has 21 heavy (non-hydrogen) atoms. The van der Waals surface area contributed by atoms with Crippen LogP contribution in [0.4, 0.5) is 5.82 Å². The second-order valence-corrected chi connectivity index (χ2v) is 6.75. The lowest BCUT2D eigenvalue weighted by atomic mass is 10.2. The molecule has 0 saturated carbocycles. The smallest absolute Gasteiger partial charge is 0.339 e. The van der Waals surface area contributed by atoms with Crippen molar-refractivity contribution in [2.75, 3.05) is 4.72 Å². The molecular weight excluding hydrogens is 360 g/mol. The van der Waals surface area contributed by atoms with E-state index in [1.54, 1.807) is 12.1 Å². The summed E-state index contributed by atoms with van der Waals surface area (Å²) in [6.07, 6.45) is 1.31. The number of aromatic nitrogens is 1. The molecule has 1 aromatic heterocycles. The molecule has 2 rings (SSSR count). The first kappa shape index (κ1) is 15.5. The number of carbonyl (C=O) groups is 1. The number of aromatic carboxylic acids is 1. The summed E-state index contributed by atoms with van der Waals surface area (Å²) in [6, 6.07) is 7.44. The Morgan fingerprint density at radius 2 is 2.05 bits per heavy atom. The van der Waals surface area contributed by atoms with Crippen LogP contribution in [-0.4, -0.2) is 24.5 Å². The van der Waals surface area contributed by atoms with Crippen molar-refractivity contribution in [1.29, 1.82) is 0 Å². The maximum absolute atomic E-state index is 12.3. The number of hydrogen-bond donors (Lipinski definition) is 2. The van der Waals surface area contributed by atoms with E-state index in [4.69, 9.17) is 5.11 Å². The molecule has 0 radical (unpaired) electrons. The Labute approximate surface area is 130 Å². The first-order valence-corrected chi connectivity index (χ1v) is 8.06. The van der Waals surface area contributed by atoms with Gasteiger partial charge in [-0.05, 0) is 52.7 Å². The summed E-state index contributed by atoms with van der Waals surface area (Å²) in [5.41, 5.74) is 0.675. The Morgan fingerprint density at radius 1 is 1.33 bits per heavy atom. The van der Waals surface area contributed by atoms with E-state index in [-0.39, 0.29) is 16.3 Å². The van der Waals surface area contributed by atoms with E-state index in [0.29, 0.717) is 4.47 Å². The molecule has 1 aromatic carbocycles. The first-order chi connectivity index (χ1) is 9.81. The van der Waals surface area contributed by atoms with Crippen LogP contribution in [0.15, 0.2) is 45.9 Å². The minimum absolute atomic E-state index is 0.00934. The highest BCUT2D eigenvalue weighted by Gasteiger charge is 2.21. The predicted molar refractivity (Wildman–Crippen MR) is 80.9 cm³/mol. The van der Waals surface area contributed by atoms with Gasteiger partial charge in [0.15, 0.2) is 5.82 Å². The van der Waals surface area contributed by atoms with Gasteiger partial charge < -0.3 is 5.11 Å². The van der Waals surface area contributed by atoms with Crippen LogP contribution in [0.1, 0.15) is 15.9 Å². The summed E-state index contributed by atoms with van der Waals surface area (Å²) in [6.45, 7) is 1.83. The van der Waals surface area contributed by atoms with Crippen molar-refractivity contribution in [2.45, 2.75) is 11.8 Å². The monoisotopic (exact) mass is 370 g/mol. The maximum atomic E-state index is 12.3. The highest BCUT2D eigenvalue weighted by molar-refractivity contribution is 9.10. The van der Waals surface area contributed by atoms with Gasteiger partial charge in [-0.3, -0.25) is 4.72 Å². The van der Waals surface area contributed by atoms with E-state index in [0.717, 1.165) is 5.56 Å². The van der Waals surface area contributed by atoms with Gasteiger partial charge in [0.05, 0.1) is 0 Å². The van der Waals surface area contributed by atoms with E-state index in [2.05, 4.69) is 25.6 Å². The van der Waals surface area contributed by atoms with Crippen LogP contribution in [0.25, 0.3) is 0 Å². The number of carboxylic acid groups (broad SMARTS) is 1. The molecule has 0 spiro atoms. The largest absolute Gasteiger partial charge is 0.478 e. The van der Waals surface area contributed by atoms with Crippen LogP contribution in [0, 0.1) is 6.92 Å². The molecule has 8 heteroatoms. The molecule has 0 saturated heterocycles. The topological polar surface area (TPSA) is 96.4 Å². The van der Waals surface area contributed by atoms with Crippen LogP contribution < -0.4 is 4.72 Å². The van der Waals surface area contributed by atoms with E-state index < -0.39 is 16.0 Å². The third-order valence-corrected chi connectivity index (χ3v) is 4.96. The molecule has 0 bridgehead atoms. The molecule has 110 valence electrons. The number of nitrogens with one attached hydrogen (secondary N) is 1. The van der Waals surface area contributed by atoms with Gasteiger partial charge in [0, 0.05) is 10.7 Å². The number of nitrogens with zero attached hydrogens (tertiary/aromatic N) is 1. The highest BCUT2D eigenvalue weighted by Crippen LogP contribution is 2.25. The third-order valence-electron chi connectivity index (χ3n) is 2.65. The fraction of sp³-hybridized carbons (Fsp3) is 0.0769. The quantitative estimate of drug-likeness (QED) is 0.862. The van der Waals surface area contributed by atoms with Crippen molar-refractivity contribution in [3.05, 3.63) is 52.1 Å². The van der Waals surface area contributed by atoms with Gasteiger partial charge in [0.1, 0.15) is 10.5 Å². The number of sulfonamides is 1. The average Bonchev–Trinajstić information content (AvgIpc) is 2.37. The number of benzene rings is 1. The SMILES string of the molecule is Cc1ccc(S(=O)(=O)Nc2ncccc2C(=O)O)c(Br)c1. The summed E-state index contributed by atoms with van der Waals surface area (Å²) in [4.78, 5) is 14.9. The molecule has 0 aliphatic rings. The Morgan fingerprint density at radius 3 is 2.67 bits per heavy atom. The average molecular weight is 371 g/mol. The number of carboxylic acids is 1. The second-order valence-electron chi connectivity index (χ2n) is 4.24. The first-order valence-electron chi connectivity index (χ1n) is 5.78. The minimum Gasteiger partial charge on any atom is -0.478 e. The van der Waals surface area contributed by atoms with Crippen molar-refractivity contribution in [2.24, 2.45) is 0 Å². The summed E-state index contributed by atoms with van der Waals surface area (Å²) < 4.78 is 27.3. The Hall–Kier alpha value is -1.93. The number of pyridine rings is 1. The molecule has 0 unspecified atom stereocenters. The van der Waals surface area contributed by atoms with E-state index >= 15 is 0 Å². The third kappa shape index (κ3) is 3.40. The van der Waals surface area contributed by atoms with Crippen LogP contribution in [0.3, 0.4) is 0 Å². The van der Waals surface area contributed by atoms with Gasteiger partial charge >= 0.3 is 5.97 Å². The van der Waals surface area contributed by atoms with Gasteiger partial charge in [0.2, 0.25) is 0 Å². The Balaban J connectivity index is 2.45. The molecule has 0 amide bonds. The van der Waals surface area contributed by atoms with Crippen molar-refractivity contribution in [3.63, 3.8) is 0 Å². The Kier molecular flexibility index (Phi) is 4.29. The highest BCUT2D eigenvalue weighted by atomic mass is 79.9. The zero-order chi connectivity index (χ0) is 15.6. The van der Waals surface area contributed by atoms with Crippen molar-refractivity contribution in [1.82, 2.24) is 4.98 Å². The number of rotatable bonds is 4. The zero-order valence-electron chi connectivity index (χ0n) is 10.9. The van der Waals surface area contributed by atoms with Crippen LogP contribution in [-0.2, 0) is 10.0 Å². The summed E-state index contributed by atoms with van der Waals surface area (Å²) >= 11 is 3.19. The van der Waals surface area contributed by atoms with Crippen LogP contribution in [0.5, 0.6) is 0 Å². The molecule has 6 nitrogen and oxygen atoms in total. The fourth-order valence-electron chi connectivity index (χ4n) is 1.67. The van der Waals surface area contributed by atoms with Crippen molar-refractivity contribution in [3.8, 4) is 0 Å². The number of anilines is 1. The van der Waals surface area contributed by atoms with E-state index in [9.17, 15) is 13.2 Å². The normalized spacial score (nSPS) is 11.1. The van der Waals surface area contributed by atoms with E-state index in [1.807, 2.05) is 6.92 Å². The maximum Gasteiger partial charge on any atom is 0.339 e. The summed E-state index contributed by atoms with van der Waals surface area (Å²) in [7, 11) is -3.94. The lowest BCUT2D eigenvalue weighted by molar-refractivity contribution is 0.0697. The lowest BCUT2D eigenvalue weighted by Crippen LogP contribution is -2.17. The number of hydrogen-bond acceptors (Lipinski definition) is 4. The fourth-order valence-corrected chi connectivity index (χ4v) is 3.89. The summed E-state index contributed by atoms with van der Waals surface area (Å²) in [5.74, 6) is -1.48. The Bertz CT molecular complexity index is 806. The summed E-state index contributed by atoms with van der Waals surface area (Å²) in [5, 5.41) is 9.04. The second kappa shape index (κ2) is 5.82. The van der Waals surface area contributed by atoms with Gasteiger partial charge in [-0.1, -0.05) is 6.07 Å². The van der Waals surface area contributed by atoms with E-state index in [1.165, 1.54) is 24.4 Å². The molecule has 0 aliphatic carbocycles. The molecule has 1 heterocycles. The van der Waals surface area contributed by atoms with Crippen molar-refractivity contribution >= 4 is 37.7 Å². The molecular formula is C13H11BrN2O4S. The van der Waals surface area contributed by atoms with Gasteiger partial charge in [-0.2, -0.15) is 0 Å². The van der Waals surface area contributed by atoms with Crippen molar-refractivity contribution < 1.29 is 18.3 Å². The number of aryl methyl sites for hydroxylation is 1. The van der Waals surface area contributed by atoms with Gasteiger partial charge in [0.25, 0.3) is 10.0 Å². The zero-order valence-corrected chi connectivity index (χ0v) is 13.3. The minimum atomic E-state index is -3.94. The molecule has 2 N–H and O–H groups in total. The lowest BCUT2D eigenvalue weighted by Gasteiger charge is -2.11. The number of halogens is 1. The molecule has 0 aliphatic heterocycles. The van der Waals surface area contributed by atoms with Gasteiger partial charge in [-0.15, -0.1) is 0 Å². The molecule has 0 atom stereocenters. The van der Waals surface area contributed by atoms with Crippen LogP contribution in [0.2, 0.25) is 0 Å². The standard InChI is InChI=1S/C13H11BrN2O4S/c1-8-4-5-11(10(14)7-8)21(19,20)16-12-9(13(17)18)3-2-6-15-12/h2-7H,1H3,(H,15,16)(H,17,18). The molecule has 0 fully saturated rings.